The van der Waals surface area contributed by atoms with Gasteiger partial charge in [0.1, 0.15) is 24.7 Å². The number of hydrogen-bond acceptors (Lipinski definition) is 4. The molecule has 0 bridgehead atoms. The monoisotopic (exact) mass is 449 g/mol. The van der Waals surface area contributed by atoms with Gasteiger partial charge in [-0.25, -0.2) is 8.78 Å². The summed E-state index contributed by atoms with van der Waals surface area (Å²) < 4.78 is 29.9. The van der Waals surface area contributed by atoms with Crippen LogP contribution in [0.5, 0.6) is 5.75 Å². The minimum Gasteiger partial charge on any atom is -0.502 e. The molecule has 2 atom stereocenters. The van der Waals surface area contributed by atoms with Crippen LogP contribution in [0.25, 0.3) is 0 Å². The van der Waals surface area contributed by atoms with Gasteiger partial charge in [-0.15, -0.1) is 0 Å². The van der Waals surface area contributed by atoms with Gasteiger partial charge in [-0.2, -0.15) is 0 Å². The fourth-order valence-electron chi connectivity index (χ4n) is 6.06. The van der Waals surface area contributed by atoms with E-state index >= 15 is 0 Å². The van der Waals surface area contributed by atoms with Crippen molar-refractivity contribution in [3.63, 3.8) is 0 Å². The Bertz CT molecular complexity index is 1370. The summed E-state index contributed by atoms with van der Waals surface area (Å²) in [5.74, 6) is -1.62. The summed E-state index contributed by atoms with van der Waals surface area (Å²) in [5, 5.41) is 12.5. The minimum absolute atomic E-state index is 0.0266. The van der Waals surface area contributed by atoms with Gasteiger partial charge in [-0.05, 0) is 41.2 Å². The van der Waals surface area contributed by atoms with Crippen molar-refractivity contribution >= 4 is 5.91 Å². The smallest absolute Gasteiger partial charge is 0.277 e. The standard InChI is InChI=1S/C25H21F2N3O3/c26-9-11-28-14-30(29-10-8-21(31)23(32)22(29)24(28)33)25-16(12-15-4-1-2-5-18(15)25)13-17-19(25)6-3-7-20(17)27/h1-8,10,16,32H,9,11-14H2. The van der Waals surface area contributed by atoms with Gasteiger partial charge in [0, 0.05) is 18.2 Å². The highest BCUT2D eigenvalue weighted by Gasteiger charge is 2.59. The number of benzene rings is 2. The van der Waals surface area contributed by atoms with Crippen molar-refractivity contribution in [2.45, 2.75) is 18.4 Å². The van der Waals surface area contributed by atoms with Crippen LogP contribution in [-0.4, -0.2) is 40.5 Å². The Morgan fingerprint density at radius 1 is 1.03 bits per heavy atom. The topological polar surface area (TPSA) is 65.8 Å². The molecular formula is C25H21F2N3O3. The highest BCUT2D eigenvalue weighted by atomic mass is 19.1. The lowest BCUT2D eigenvalue weighted by Crippen LogP contribution is -2.63. The van der Waals surface area contributed by atoms with Crippen LogP contribution < -0.4 is 10.4 Å². The summed E-state index contributed by atoms with van der Waals surface area (Å²) in [7, 11) is 0. The largest absolute Gasteiger partial charge is 0.502 e. The molecule has 0 spiro atoms. The Morgan fingerprint density at radius 3 is 2.64 bits per heavy atom. The van der Waals surface area contributed by atoms with Crippen molar-refractivity contribution in [3.8, 4) is 5.75 Å². The number of aromatic nitrogens is 1. The van der Waals surface area contributed by atoms with Crippen molar-refractivity contribution in [2.24, 2.45) is 5.92 Å². The zero-order valence-electron chi connectivity index (χ0n) is 17.7. The lowest BCUT2D eigenvalue weighted by atomic mass is 9.81. The summed E-state index contributed by atoms with van der Waals surface area (Å²) >= 11 is 0. The number of carbonyl (C=O) groups excluding carboxylic acids is 1. The molecule has 8 heteroatoms. The molecule has 2 heterocycles. The third kappa shape index (κ3) is 2.46. The molecule has 0 saturated carbocycles. The molecule has 1 aliphatic heterocycles. The Balaban J connectivity index is 1.69. The first kappa shape index (κ1) is 20.0. The first-order valence-corrected chi connectivity index (χ1v) is 10.9. The molecule has 2 unspecified atom stereocenters. The highest BCUT2D eigenvalue weighted by Crippen LogP contribution is 2.57. The van der Waals surface area contributed by atoms with Gasteiger partial charge in [0.25, 0.3) is 5.91 Å². The van der Waals surface area contributed by atoms with Crippen molar-refractivity contribution in [3.05, 3.63) is 98.7 Å². The first-order chi connectivity index (χ1) is 16.0. The molecule has 1 N–H and O–H groups in total. The summed E-state index contributed by atoms with van der Waals surface area (Å²) in [5.41, 5.74) is 1.78. The van der Waals surface area contributed by atoms with E-state index in [0.29, 0.717) is 18.4 Å². The molecule has 6 rings (SSSR count). The van der Waals surface area contributed by atoms with Gasteiger partial charge in [-0.3, -0.25) is 19.3 Å². The van der Waals surface area contributed by atoms with Crippen molar-refractivity contribution in [1.82, 2.24) is 9.58 Å². The maximum Gasteiger partial charge on any atom is 0.277 e. The second-order valence-corrected chi connectivity index (χ2v) is 8.81. The van der Waals surface area contributed by atoms with E-state index in [1.165, 1.54) is 27.9 Å². The van der Waals surface area contributed by atoms with Crippen LogP contribution in [0, 0.1) is 11.7 Å². The average molecular weight is 449 g/mol. The molecule has 1 amide bonds. The number of hydrogen-bond donors (Lipinski definition) is 1. The zero-order valence-corrected chi connectivity index (χ0v) is 17.7. The van der Waals surface area contributed by atoms with Crippen LogP contribution in [0.2, 0.25) is 0 Å². The predicted molar refractivity (Wildman–Crippen MR) is 117 cm³/mol. The van der Waals surface area contributed by atoms with Crippen LogP contribution in [0.4, 0.5) is 8.78 Å². The van der Waals surface area contributed by atoms with E-state index in [2.05, 4.69) is 0 Å². The molecule has 2 aromatic carbocycles. The summed E-state index contributed by atoms with van der Waals surface area (Å²) in [4.78, 5) is 26.6. The van der Waals surface area contributed by atoms with Gasteiger partial charge in [-0.1, -0.05) is 36.4 Å². The number of fused-ring (bicyclic) bond motifs is 6. The van der Waals surface area contributed by atoms with E-state index in [0.717, 1.165) is 16.7 Å². The molecule has 6 nitrogen and oxygen atoms in total. The van der Waals surface area contributed by atoms with Crippen LogP contribution in [0.3, 0.4) is 0 Å². The van der Waals surface area contributed by atoms with E-state index in [4.69, 9.17) is 0 Å². The molecule has 3 aliphatic rings. The number of halogens is 2. The van der Waals surface area contributed by atoms with Gasteiger partial charge >= 0.3 is 0 Å². The van der Waals surface area contributed by atoms with Gasteiger partial charge < -0.3 is 10.0 Å². The van der Waals surface area contributed by atoms with E-state index in [1.807, 2.05) is 35.3 Å². The number of alkyl halides is 1. The van der Waals surface area contributed by atoms with Crippen LogP contribution in [0.1, 0.15) is 32.7 Å². The van der Waals surface area contributed by atoms with Crippen LogP contribution in [-0.2, 0) is 18.4 Å². The third-order valence-corrected chi connectivity index (χ3v) is 7.34. The van der Waals surface area contributed by atoms with Gasteiger partial charge in [0.15, 0.2) is 11.4 Å². The van der Waals surface area contributed by atoms with E-state index < -0.39 is 29.3 Å². The van der Waals surface area contributed by atoms with Crippen molar-refractivity contribution in [2.75, 3.05) is 24.9 Å². The van der Waals surface area contributed by atoms with Crippen LogP contribution in [0.15, 0.2) is 59.5 Å². The Hall–Kier alpha value is -3.68. The summed E-state index contributed by atoms with van der Waals surface area (Å²) in [6.45, 7) is -0.926. The third-order valence-electron chi connectivity index (χ3n) is 7.34. The molecular weight excluding hydrogens is 428 g/mol. The van der Waals surface area contributed by atoms with E-state index in [9.17, 15) is 23.5 Å². The quantitative estimate of drug-likeness (QED) is 0.668. The number of aromatic hydroxyl groups is 1. The molecule has 2 aliphatic carbocycles. The number of rotatable bonds is 3. The van der Waals surface area contributed by atoms with Crippen molar-refractivity contribution < 1.29 is 18.7 Å². The maximum absolute atomic E-state index is 15.0. The fourth-order valence-corrected chi connectivity index (χ4v) is 6.06. The summed E-state index contributed by atoms with van der Waals surface area (Å²) in [6.07, 6.45) is 2.68. The maximum atomic E-state index is 15.0. The Labute approximate surface area is 188 Å². The molecule has 3 aromatic rings. The summed E-state index contributed by atoms with van der Waals surface area (Å²) in [6, 6.07) is 14.2. The Morgan fingerprint density at radius 2 is 1.82 bits per heavy atom. The number of carbonyl (C=O) groups is 1. The lowest BCUT2D eigenvalue weighted by Gasteiger charge is -2.50. The first-order valence-electron chi connectivity index (χ1n) is 10.9. The number of pyridine rings is 1. The SMILES string of the molecule is O=C1c2c(O)c(=O)ccn2N(C23c4ccccc4CC2Cc2c(F)cccc23)CN1CCF. The van der Waals surface area contributed by atoms with Gasteiger partial charge in [0.05, 0.1) is 6.54 Å². The second kappa shape index (κ2) is 6.91. The van der Waals surface area contributed by atoms with E-state index in [-0.39, 0.29) is 30.6 Å². The molecule has 0 radical (unpaired) electrons. The Kier molecular flexibility index (Phi) is 4.18. The normalized spacial score (nSPS) is 22.7. The fraction of sp³-hybridized carbons (Fsp3) is 0.280. The molecule has 1 aromatic heterocycles. The minimum atomic E-state index is -0.848. The van der Waals surface area contributed by atoms with Crippen molar-refractivity contribution in [1.29, 1.82) is 0 Å². The zero-order chi connectivity index (χ0) is 22.9. The lowest BCUT2D eigenvalue weighted by molar-refractivity contribution is 0.0634. The number of amides is 1. The average Bonchev–Trinajstić information content (AvgIpc) is 3.30. The van der Waals surface area contributed by atoms with Crippen LogP contribution >= 0.6 is 0 Å². The molecule has 168 valence electrons. The van der Waals surface area contributed by atoms with E-state index in [1.54, 1.807) is 6.07 Å². The molecule has 0 saturated heterocycles. The highest BCUT2D eigenvalue weighted by molar-refractivity contribution is 5.96. The second-order valence-electron chi connectivity index (χ2n) is 8.81. The molecule has 33 heavy (non-hydrogen) atoms. The predicted octanol–water partition coefficient (Wildman–Crippen LogP) is 2.69. The number of nitrogens with zero attached hydrogens (tertiary/aromatic N) is 3. The molecule has 0 fully saturated rings. The van der Waals surface area contributed by atoms with Gasteiger partial charge in [0.2, 0.25) is 5.43 Å².